The highest BCUT2D eigenvalue weighted by Gasteiger charge is 2.18. The quantitative estimate of drug-likeness (QED) is 0.687. The molecule has 19 heavy (non-hydrogen) atoms. The zero-order valence-electron chi connectivity index (χ0n) is 11.8. The van der Waals surface area contributed by atoms with Gasteiger partial charge in [-0.15, -0.1) is 0 Å². The topological polar surface area (TPSA) is 78.5 Å². The van der Waals surface area contributed by atoms with E-state index in [4.69, 9.17) is 0 Å². The number of hydrogen-bond donors (Lipinski definition) is 2. The van der Waals surface area contributed by atoms with Gasteiger partial charge in [0.05, 0.1) is 12.3 Å². The summed E-state index contributed by atoms with van der Waals surface area (Å²) in [4.78, 5) is 13.0. The number of likely N-dealkylation sites (N-methyl/N-ethyl adjacent to an activating group) is 1. The van der Waals surface area contributed by atoms with Crippen LogP contribution in [0.4, 0.5) is 0 Å². The minimum atomic E-state index is -3.36. The van der Waals surface area contributed by atoms with Crippen molar-refractivity contribution in [3.8, 4) is 0 Å². The van der Waals surface area contributed by atoms with Crippen molar-refractivity contribution in [1.29, 1.82) is 0 Å². The summed E-state index contributed by atoms with van der Waals surface area (Å²) in [6.07, 6.45) is 3.96. The molecule has 2 N–H and O–H groups in total. The predicted molar refractivity (Wildman–Crippen MR) is 75.4 cm³/mol. The van der Waals surface area contributed by atoms with Gasteiger partial charge >= 0.3 is 0 Å². The molecule has 0 aromatic heterocycles. The molecular weight excluding hydrogens is 266 g/mol. The van der Waals surface area contributed by atoms with E-state index in [-0.39, 0.29) is 18.2 Å². The standard InChI is InChI=1S/C12H25N3O3S/c1-3-15(2)12(16)10-14-19(17,18)9-7-11-6-4-5-8-13-11/h11,13-14H,3-10H2,1-2H3. The van der Waals surface area contributed by atoms with Crippen LogP contribution in [0.1, 0.15) is 32.6 Å². The summed E-state index contributed by atoms with van der Waals surface area (Å²) in [7, 11) is -1.70. The summed E-state index contributed by atoms with van der Waals surface area (Å²) in [6, 6.07) is 0.291. The summed E-state index contributed by atoms with van der Waals surface area (Å²) < 4.78 is 25.9. The molecule has 1 saturated heterocycles. The van der Waals surface area contributed by atoms with Crippen LogP contribution < -0.4 is 10.0 Å². The van der Waals surface area contributed by atoms with Crippen molar-refractivity contribution in [2.24, 2.45) is 0 Å². The van der Waals surface area contributed by atoms with Crippen molar-refractivity contribution in [3.05, 3.63) is 0 Å². The van der Waals surface area contributed by atoms with Crippen molar-refractivity contribution in [2.45, 2.75) is 38.6 Å². The Morgan fingerprint density at radius 1 is 1.42 bits per heavy atom. The second kappa shape index (κ2) is 7.81. The van der Waals surface area contributed by atoms with Crippen molar-refractivity contribution in [1.82, 2.24) is 14.9 Å². The van der Waals surface area contributed by atoms with Gasteiger partial charge in [0.1, 0.15) is 0 Å². The predicted octanol–water partition coefficient (Wildman–Crippen LogP) is -0.0837. The molecule has 1 fully saturated rings. The molecule has 112 valence electrons. The lowest BCUT2D eigenvalue weighted by Crippen LogP contribution is -2.40. The van der Waals surface area contributed by atoms with E-state index in [1.54, 1.807) is 7.05 Å². The fourth-order valence-electron chi connectivity index (χ4n) is 2.02. The van der Waals surface area contributed by atoms with Gasteiger partial charge < -0.3 is 10.2 Å². The first-order valence-electron chi connectivity index (χ1n) is 6.89. The third-order valence-corrected chi connectivity index (χ3v) is 4.85. The van der Waals surface area contributed by atoms with Crippen LogP contribution in [-0.2, 0) is 14.8 Å². The summed E-state index contributed by atoms with van der Waals surface area (Å²) in [5.74, 6) is -0.129. The average Bonchev–Trinajstić information content (AvgIpc) is 2.43. The van der Waals surface area contributed by atoms with E-state index in [9.17, 15) is 13.2 Å². The molecule has 1 amide bonds. The van der Waals surface area contributed by atoms with Gasteiger partial charge in [0.25, 0.3) is 0 Å². The van der Waals surface area contributed by atoms with Crippen LogP contribution in [0.2, 0.25) is 0 Å². The van der Waals surface area contributed by atoms with Crippen molar-refractivity contribution in [2.75, 3.05) is 32.4 Å². The van der Waals surface area contributed by atoms with Crippen molar-refractivity contribution in [3.63, 3.8) is 0 Å². The summed E-state index contributed by atoms with van der Waals surface area (Å²) in [6.45, 7) is 3.25. The Bertz CT molecular complexity index is 378. The normalized spacial score (nSPS) is 20.2. The Kier molecular flexibility index (Phi) is 6.74. The molecule has 0 spiro atoms. The molecule has 1 heterocycles. The fourth-order valence-corrected chi connectivity index (χ4v) is 3.11. The average molecular weight is 291 g/mol. The molecule has 0 bridgehead atoms. The Morgan fingerprint density at radius 2 is 2.16 bits per heavy atom. The van der Waals surface area contributed by atoms with Gasteiger partial charge in [-0.05, 0) is 32.7 Å². The molecule has 0 radical (unpaired) electrons. The molecule has 0 aromatic rings. The van der Waals surface area contributed by atoms with Crippen LogP contribution in [0.3, 0.4) is 0 Å². The monoisotopic (exact) mass is 291 g/mol. The highest BCUT2D eigenvalue weighted by molar-refractivity contribution is 7.89. The first kappa shape index (κ1) is 16.4. The molecule has 0 aliphatic carbocycles. The molecule has 7 heteroatoms. The van der Waals surface area contributed by atoms with Crippen LogP contribution in [-0.4, -0.2) is 57.7 Å². The maximum absolute atomic E-state index is 11.8. The largest absolute Gasteiger partial charge is 0.345 e. The van der Waals surface area contributed by atoms with Gasteiger partial charge in [-0.3, -0.25) is 4.79 Å². The highest BCUT2D eigenvalue weighted by atomic mass is 32.2. The minimum Gasteiger partial charge on any atom is -0.345 e. The Labute approximate surface area is 116 Å². The number of piperidine rings is 1. The molecule has 1 unspecified atom stereocenters. The molecule has 0 aromatic carbocycles. The lowest BCUT2D eigenvalue weighted by molar-refractivity contribution is -0.128. The molecule has 1 aliphatic heterocycles. The third kappa shape index (κ3) is 6.35. The first-order valence-corrected chi connectivity index (χ1v) is 8.54. The van der Waals surface area contributed by atoms with Gasteiger partial charge in [-0.25, -0.2) is 13.1 Å². The molecule has 6 nitrogen and oxygen atoms in total. The number of carbonyl (C=O) groups is 1. The second-order valence-corrected chi connectivity index (χ2v) is 6.91. The zero-order valence-corrected chi connectivity index (χ0v) is 12.6. The molecule has 0 saturated carbocycles. The summed E-state index contributed by atoms with van der Waals surface area (Å²) in [5, 5.41) is 3.32. The number of sulfonamides is 1. The Hall–Kier alpha value is -0.660. The maximum atomic E-state index is 11.8. The van der Waals surface area contributed by atoms with E-state index < -0.39 is 10.0 Å². The molecule has 1 aliphatic rings. The van der Waals surface area contributed by atoms with Gasteiger partial charge in [0.2, 0.25) is 15.9 Å². The molecule has 1 rings (SSSR count). The number of nitrogens with one attached hydrogen (secondary N) is 2. The van der Waals surface area contributed by atoms with E-state index in [0.29, 0.717) is 19.0 Å². The number of hydrogen-bond acceptors (Lipinski definition) is 4. The fraction of sp³-hybridized carbons (Fsp3) is 0.917. The smallest absolute Gasteiger partial charge is 0.237 e. The zero-order chi connectivity index (χ0) is 14.3. The van der Waals surface area contributed by atoms with Gasteiger partial charge in [-0.1, -0.05) is 6.42 Å². The van der Waals surface area contributed by atoms with Crippen LogP contribution in [0.25, 0.3) is 0 Å². The van der Waals surface area contributed by atoms with E-state index in [0.717, 1.165) is 19.4 Å². The third-order valence-electron chi connectivity index (χ3n) is 3.49. The van der Waals surface area contributed by atoms with Crippen molar-refractivity contribution >= 4 is 15.9 Å². The minimum absolute atomic E-state index is 0.0772. The van der Waals surface area contributed by atoms with E-state index in [1.807, 2.05) is 6.92 Å². The SMILES string of the molecule is CCN(C)C(=O)CNS(=O)(=O)CCC1CCCCN1. The Morgan fingerprint density at radius 3 is 2.74 bits per heavy atom. The van der Waals surface area contributed by atoms with E-state index in [2.05, 4.69) is 10.0 Å². The molecule has 1 atom stereocenters. The number of nitrogens with zero attached hydrogens (tertiary/aromatic N) is 1. The Balaban J connectivity index is 2.29. The lowest BCUT2D eigenvalue weighted by Gasteiger charge is -2.23. The van der Waals surface area contributed by atoms with E-state index in [1.165, 1.54) is 11.3 Å². The van der Waals surface area contributed by atoms with Gasteiger partial charge in [-0.2, -0.15) is 0 Å². The highest BCUT2D eigenvalue weighted by Crippen LogP contribution is 2.10. The number of amides is 1. The van der Waals surface area contributed by atoms with Gasteiger partial charge in [0.15, 0.2) is 0 Å². The summed E-state index contributed by atoms with van der Waals surface area (Å²) >= 11 is 0. The second-order valence-electron chi connectivity index (χ2n) is 4.98. The molecular formula is C12H25N3O3S. The van der Waals surface area contributed by atoms with E-state index >= 15 is 0 Å². The van der Waals surface area contributed by atoms with Gasteiger partial charge in [0, 0.05) is 19.6 Å². The van der Waals surface area contributed by atoms with Crippen molar-refractivity contribution < 1.29 is 13.2 Å². The summed E-state index contributed by atoms with van der Waals surface area (Å²) in [5.41, 5.74) is 0. The van der Waals surface area contributed by atoms with Crippen LogP contribution in [0.15, 0.2) is 0 Å². The van der Waals surface area contributed by atoms with Crippen LogP contribution in [0, 0.1) is 0 Å². The van der Waals surface area contributed by atoms with Crippen LogP contribution in [0.5, 0.6) is 0 Å². The maximum Gasteiger partial charge on any atom is 0.237 e. The lowest BCUT2D eigenvalue weighted by atomic mass is 10.0. The first-order chi connectivity index (χ1) is 8.94. The number of rotatable bonds is 7. The van der Waals surface area contributed by atoms with Crippen LogP contribution >= 0.6 is 0 Å². The number of carbonyl (C=O) groups excluding carboxylic acids is 1.